The van der Waals surface area contributed by atoms with Crippen molar-refractivity contribution in [1.29, 1.82) is 0 Å². The van der Waals surface area contributed by atoms with Crippen LogP contribution in [0.1, 0.15) is 17.2 Å². The molecule has 0 saturated carbocycles. The number of aliphatic hydroxyl groups excluding tert-OH is 1. The Balaban J connectivity index is 2.29. The van der Waals surface area contributed by atoms with Gasteiger partial charge in [0, 0.05) is 18.1 Å². The summed E-state index contributed by atoms with van der Waals surface area (Å²) in [5.41, 5.74) is 1.16. The first-order valence-corrected chi connectivity index (χ1v) is 6.16. The van der Waals surface area contributed by atoms with Crippen molar-refractivity contribution in [2.45, 2.75) is 12.5 Å². The normalized spacial score (nSPS) is 11.9. The van der Waals surface area contributed by atoms with Crippen LogP contribution in [0, 0.1) is 10.1 Å². The number of benzene rings is 2. The van der Waals surface area contributed by atoms with Crippen molar-refractivity contribution in [2.75, 3.05) is 7.11 Å². The Morgan fingerprint density at radius 3 is 2.55 bits per heavy atom. The first kappa shape index (κ1) is 14.0. The molecular formula is C15H15NO4. The Hall–Kier alpha value is -2.40. The number of rotatable bonds is 5. The third-order valence-electron chi connectivity index (χ3n) is 3.08. The van der Waals surface area contributed by atoms with Crippen LogP contribution in [0.4, 0.5) is 5.69 Å². The van der Waals surface area contributed by atoms with Crippen molar-refractivity contribution in [2.24, 2.45) is 0 Å². The Labute approximate surface area is 116 Å². The highest BCUT2D eigenvalue weighted by Crippen LogP contribution is 2.28. The number of nitro groups is 1. The van der Waals surface area contributed by atoms with E-state index in [2.05, 4.69) is 0 Å². The standard InChI is InChI=1S/C15H15NO4/c1-20-13-7-8-14(16(18)19)12(9-13)10-15(17)11-5-3-2-4-6-11/h2-9,15,17H,10H2,1H3. The maximum atomic E-state index is 11.0. The smallest absolute Gasteiger partial charge is 0.272 e. The molecule has 0 aliphatic heterocycles. The summed E-state index contributed by atoms with van der Waals surface area (Å²) in [5, 5.41) is 21.2. The van der Waals surface area contributed by atoms with Gasteiger partial charge in [-0.3, -0.25) is 10.1 Å². The topological polar surface area (TPSA) is 72.6 Å². The fourth-order valence-electron chi connectivity index (χ4n) is 2.03. The second-order valence-electron chi connectivity index (χ2n) is 4.38. The second kappa shape index (κ2) is 6.16. The van der Waals surface area contributed by atoms with Gasteiger partial charge in [0.25, 0.3) is 5.69 Å². The van der Waals surface area contributed by atoms with Gasteiger partial charge < -0.3 is 9.84 Å². The van der Waals surface area contributed by atoms with E-state index in [1.54, 1.807) is 18.2 Å². The third-order valence-corrected chi connectivity index (χ3v) is 3.08. The predicted octanol–water partition coefficient (Wildman–Crippen LogP) is 2.88. The van der Waals surface area contributed by atoms with Gasteiger partial charge in [-0.25, -0.2) is 0 Å². The molecule has 0 spiro atoms. The van der Waals surface area contributed by atoms with Crippen molar-refractivity contribution < 1.29 is 14.8 Å². The van der Waals surface area contributed by atoms with E-state index in [1.165, 1.54) is 19.2 Å². The Kier molecular flexibility index (Phi) is 4.32. The van der Waals surface area contributed by atoms with Gasteiger partial charge in [-0.1, -0.05) is 30.3 Å². The molecule has 1 unspecified atom stereocenters. The fraction of sp³-hybridized carbons (Fsp3) is 0.200. The SMILES string of the molecule is COc1ccc([N+](=O)[O-])c(CC(O)c2ccccc2)c1. The zero-order valence-corrected chi connectivity index (χ0v) is 11.0. The predicted molar refractivity (Wildman–Crippen MR) is 74.8 cm³/mol. The van der Waals surface area contributed by atoms with Crippen LogP contribution in [0.25, 0.3) is 0 Å². The monoisotopic (exact) mass is 273 g/mol. The van der Waals surface area contributed by atoms with Gasteiger partial charge in [-0.2, -0.15) is 0 Å². The van der Waals surface area contributed by atoms with Gasteiger partial charge >= 0.3 is 0 Å². The van der Waals surface area contributed by atoms with Crippen LogP contribution in [-0.4, -0.2) is 17.1 Å². The highest BCUT2D eigenvalue weighted by molar-refractivity contribution is 5.46. The summed E-state index contributed by atoms with van der Waals surface area (Å²) < 4.78 is 5.07. The Bertz CT molecular complexity index is 598. The molecule has 0 aliphatic carbocycles. The molecule has 20 heavy (non-hydrogen) atoms. The van der Waals surface area contributed by atoms with Crippen LogP contribution in [0.5, 0.6) is 5.75 Å². The van der Waals surface area contributed by atoms with Crippen molar-refractivity contribution in [1.82, 2.24) is 0 Å². The van der Waals surface area contributed by atoms with Crippen LogP contribution < -0.4 is 4.74 Å². The summed E-state index contributed by atoms with van der Waals surface area (Å²) in [7, 11) is 1.50. The molecule has 0 aromatic heterocycles. The average molecular weight is 273 g/mol. The van der Waals surface area contributed by atoms with Gasteiger partial charge in [0.05, 0.1) is 18.1 Å². The van der Waals surface area contributed by atoms with Gasteiger partial charge in [-0.05, 0) is 17.7 Å². The molecule has 0 aliphatic rings. The lowest BCUT2D eigenvalue weighted by molar-refractivity contribution is -0.385. The highest BCUT2D eigenvalue weighted by atomic mass is 16.6. The van der Waals surface area contributed by atoms with Crippen LogP contribution in [-0.2, 0) is 6.42 Å². The molecule has 104 valence electrons. The van der Waals surface area contributed by atoms with Gasteiger partial charge in [-0.15, -0.1) is 0 Å². The van der Waals surface area contributed by atoms with Gasteiger partial charge in [0.15, 0.2) is 0 Å². The van der Waals surface area contributed by atoms with Crippen LogP contribution in [0.3, 0.4) is 0 Å². The summed E-state index contributed by atoms with van der Waals surface area (Å²) in [6.45, 7) is 0. The number of hydrogen-bond acceptors (Lipinski definition) is 4. The number of ether oxygens (including phenoxy) is 1. The molecule has 0 saturated heterocycles. The van der Waals surface area contributed by atoms with E-state index in [1.807, 2.05) is 18.2 Å². The number of nitrogens with zero attached hydrogens (tertiary/aromatic N) is 1. The maximum absolute atomic E-state index is 11.0. The first-order valence-electron chi connectivity index (χ1n) is 6.16. The van der Waals surface area contributed by atoms with Crippen LogP contribution in [0.2, 0.25) is 0 Å². The van der Waals surface area contributed by atoms with E-state index in [0.717, 1.165) is 5.56 Å². The largest absolute Gasteiger partial charge is 0.497 e. The van der Waals surface area contributed by atoms with Crippen molar-refractivity contribution in [3.63, 3.8) is 0 Å². The van der Waals surface area contributed by atoms with Gasteiger partial charge in [0.2, 0.25) is 0 Å². The van der Waals surface area contributed by atoms with E-state index >= 15 is 0 Å². The minimum absolute atomic E-state index is 0.0132. The van der Waals surface area contributed by atoms with E-state index < -0.39 is 11.0 Å². The average Bonchev–Trinajstić information content (AvgIpc) is 2.47. The second-order valence-corrected chi connectivity index (χ2v) is 4.38. The molecule has 2 rings (SSSR count). The van der Waals surface area contributed by atoms with Gasteiger partial charge in [0.1, 0.15) is 5.75 Å². The first-order chi connectivity index (χ1) is 9.61. The van der Waals surface area contributed by atoms with Crippen molar-refractivity contribution in [3.05, 3.63) is 69.8 Å². The lowest BCUT2D eigenvalue weighted by Gasteiger charge is -2.12. The Morgan fingerprint density at radius 1 is 1.25 bits per heavy atom. The van der Waals surface area contributed by atoms with E-state index in [-0.39, 0.29) is 12.1 Å². The van der Waals surface area contributed by atoms with Crippen LogP contribution in [0.15, 0.2) is 48.5 Å². The molecule has 0 amide bonds. The van der Waals surface area contributed by atoms with E-state index in [0.29, 0.717) is 11.3 Å². The third kappa shape index (κ3) is 3.13. The summed E-state index contributed by atoms with van der Waals surface area (Å²) in [4.78, 5) is 10.6. The van der Waals surface area contributed by atoms with E-state index in [9.17, 15) is 15.2 Å². The zero-order chi connectivity index (χ0) is 14.5. The summed E-state index contributed by atoms with van der Waals surface area (Å²) in [6.07, 6.45) is -0.626. The number of nitro benzene ring substituents is 1. The molecule has 1 N–H and O–H groups in total. The molecule has 2 aromatic rings. The molecule has 5 heteroatoms. The van der Waals surface area contributed by atoms with Crippen molar-refractivity contribution >= 4 is 5.69 Å². The summed E-state index contributed by atoms with van der Waals surface area (Å²) in [6, 6.07) is 13.6. The molecule has 0 fully saturated rings. The molecule has 1 atom stereocenters. The fourth-order valence-corrected chi connectivity index (χ4v) is 2.03. The minimum atomic E-state index is -0.790. The van der Waals surface area contributed by atoms with Crippen LogP contribution >= 0.6 is 0 Å². The number of aliphatic hydroxyl groups is 1. The molecule has 2 aromatic carbocycles. The maximum Gasteiger partial charge on any atom is 0.272 e. The zero-order valence-electron chi connectivity index (χ0n) is 11.0. The number of methoxy groups -OCH3 is 1. The molecule has 0 heterocycles. The summed E-state index contributed by atoms with van der Waals surface area (Å²) >= 11 is 0. The number of hydrogen-bond donors (Lipinski definition) is 1. The molecule has 0 bridgehead atoms. The highest BCUT2D eigenvalue weighted by Gasteiger charge is 2.18. The Morgan fingerprint density at radius 2 is 1.95 bits per heavy atom. The molecular weight excluding hydrogens is 258 g/mol. The lowest BCUT2D eigenvalue weighted by atomic mass is 10.00. The lowest BCUT2D eigenvalue weighted by Crippen LogP contribution is -2.04. The van der Waals surface area contributed by atoms with E-state index in [4.69, 9.17) is 4.74 Å². The minimum Gasteiger partial charge on any atom is -0.497 e. The molecule has 0 radical (unpaired) electrons. The summed E-state index contributed by atoms with van der Waals surface area (Å²) in [5.74, 6) is 0.533. The molecule has 5 nitrogen and oxygen atoms in total. The van der Waals surface area contributed by atoms with Crippen molar-refractivity contribution in [3.8, 4) is 5.75 Å². The quantitative estimate of drug-likeness (QED) is 0.671.